The van der Waals surface area contributed by atoms with Gasteiger partial charge in [0.1, 0.15) is 5.82 Å². The van der Waals surface area contributed by atoms with Crippen molar-refractivity contribution in [1.29, 1.82) is 0 Å². The minimum Gasteiger partial charge on any atom is -0.300 e. The minimum absolute atomic E-state index is 0.344. The molecule has 0 aliphatic heterocycles. The minimum atomic E-state index is -4.78. The molecule has 0 N–H and O–H groups in total. The van der Waals surface area contributed by atoms with E-state index < -0.39 is 15.4 Å². The van der Waals surface area contributed by atoms with Crippen LogP contribution in [0.1, 0.15) is 33.0 Å². The second-order valence-corrected chi connectivity index (χ2v) is 5.04. The second kappa shape index (κ2) is 4.90. The highest BCUT2D eigenvalue weighted by molar-refractivity contribution is 7.86. The van der Waals surface area contributed by atoms with Gasteiger partial charge in [-0.2, -0.15) is 8.42 Å². The molecule has 0 aromatic carbocycles. The maximum atomic E-state index is 12.9. The molecule has 0 spiro atoms. The molecule has 0 aliphatic carbocycles. The van der Waals surface area contributed by atoms with Gasteiger partial charge in [-0.3, -0.25) is 4.57 Å². The van der Waals surface area contributed by atoms with Crippen LogP contribution in [0.3, 0.4) is 0 Å². The molecule has 1 aromatic heterocycles. The van der Waals surface area contributed by atoms with E-state index in [0.717, 1.165) is 6.42 Å². The average molecular weight is 249 g/mol. The summed E-state index contributed by atoms with van der Waals surface area (Å²) in [5.74, 6) is 0.887. The standard InChI is InChI=1S/C9H16FN3O2S/c1-4-7(3)6-8-11-12-9(13(8)5-2)16(10,14)15/h7H,4-6H2,1-3H3. The maximum absolute atomic E-state index is 12.9. The smallest absolute Gasteiger partial charge is 0.300 e. The molecule has 1 heterocycles. The first-order valence-corrected chi connectivity index (χ1v) is 6.65. The van der Waals surface area contributed by atoms with E-state index in [2.05, 4.69) is 10.2 Å². The van der Waals surface area contributed by atoms with Crippen LogP contribution in [0.4, 0.5) is 3.89 Å². The lowest BCUT2D eigenvalue weighted by atomic mass is 10.1. The van der Waals surface area contributed by atoms with Crippen molar-refractivity contribution in [3.8, 4) is 0 Å². The van der Waals surface area contributed by atoms with Crippen molar-refractivity contribution in [3.05, 3.63) is 5.82 Å². The third kappa shape index (κ3) is 2.78. The summed E-state index contributed by atoms with van der Waals surface area (Å²) in [7, 11) is -4.78. The lowest BCUT2D eigenvalue weighted by Crippen LogP contribution is -2.11. The van der Waals surface area contributed by atoms with Gasteiger partial charge in [0.25, 0.3) is 5.16 Å². The first-order valence-electron chi connectivity index (χ1n) is 5.26. The van der Waals surface area contributed by atoms with Gasteiger partial charge in [0.15, 0.2) is 0 Å². The SMILES string of the molecule is CCC(C)Cc1nnc(S(=O)(=O)F)n1CC. The zero-order valence-corrected chi connectivity index (χ0v) is 10.5. The Morgan fingerprint density at radius 2 is 2.00 bits per heavy atom. The number of hydrogen-bond acceptors (Lipinski definition) is 4. The van der Waals surface area contributed by atoms with Crippen LogP contribution in [0.15, 0.2) is 5.16 Å². The first kappa shape index (κ1) is 13.1. The molecule has 0 amide bonds. The van der Waals surface area contributed by atoms with Gasteiger partial charge in [0.2, 0.25) is 0 Å². The zero-order chi connectivity index (χ0) is 12.3. The molecule has 0 bridgehead atoms. The van der Waals surface area contributed by atoms with E-state index in [4.69, 9.17) is 0 Å². The van der Waals surface area contributed by atoms with E-state index in [1.165, 1.54) is 4.57 Å². The molecular weight excluding hydrogens is 233 g/mol. The Balaban J connectivity index is 3.09. The number of halogens is 1. The fourth-order valence-electron chi connectivity index (χ4n) is 1.42. The summed E-state index contributed by atoms with van der Waals surface area (Å²) in [5.41, 5.74) is 0. The van der Waals surface area contributed by atoms with Gasteiger partial charge in [-0.15, -0.1) is 10.2 Å². The van der Waals surface area contributed by atoms with Crippen LogP contribution >= 0.6 is 0 Å². The van der Waals surface area contributed by atoms with E-state index in [-0.39, 0.29) is 0 Å². The monoisotopic (exact) mass is 249 g/mol. The summed E-state index contributed by atoms with van der Waals surface area (Å²) in [6, 6.07) is 0. The summed E-state index contributed by atoms with van der Waals surface area (Å²) in [4.78, 5) is 0. The van der Waals surface area contributed by atoms with Crippen molar-refractivity contribution in [2.45, 2.75) is 45.3 Å². The van der Waals surface area contributed by atoms with Gasteiger partial charge < -0.3 is 0 Å². The highest BCUT2D eigenvalue weighted by Gasteiger charge is 2.23. The number of nitrogens with zero attached hydrogens (tertiary/aromatic N) is 3. The van der Waals surface area contributed by atoms with Crippen LogP contribution < -0.4 is 0 Å². The Kier molecular flexibility index (Phi) is 4.01. The zero-order valence-electron chi connectivity index (χ0n) is 9.64. The molecule has 0 aliphatic rings. The summed E-state index contributed by atoms with van der Waals surface area (Å²) in [5, 5.41) is 6.54. The molecular formula is C9H16FN3O2S. The topological polar surface area (TPSA) is 64.8 Å². The molecule has 1 rings (SSSR count). The van der Waals surface area contributed by atoms with Gasteiger partial charge in [0.05, 0.1) is 0 Å². The van der Waals surface area contributed by atoms with Gasteiger partial charge in [0, 0.05) is 13.0 Å². The fourth-order valence-corrected chi connectivity index (χ4v) is 2.06. The molecule has 1 aromatic rings. The van der Waals surface area contributed by atoms with Gasteiger partial charge >= 0.3 is 10.2 Å². The Morgan fingerprint density at radius 3 is 2.44 bits per heavy atom. The fraction of sp³-hybridized carbons (Fsp3) is 0.778. The van der Waals surface area contributed by atoms with Gasteiger partial charge in [-0.1, -0.05) is 24.2 Å². The van der Waals surface area contributed by atoms with Crippen molar-refractivity contribution in [1.82, 2.24) is 14.8 Å². The first-order chi connectivity index (χ1) is 7.40. The van der Waals surface area contributed by atoms with E-state index in [1.807, 2.05) is 13.8 Å². The lowest BCUT2D eigenvalue weighted by molar-refractivity contribution is 0.501. The second-order valence-electron chi connectivity index (χ2n) is 3.80. The maximum Gasteiger partial charge on any atom is 0.368 e. The molecule has 1 atom stereocenters. The van der Waals surface area contributed by atoms with Crippen LogP contribution in [-0.2, 0) is 23.2 Å². The van der Waals surface area contributed by atoms with Crippen molar-refractivity contribution in [2.75, 3.05) is 0 Å². The molecule has 92 valence electrons. The van der Waals surface area contributed by atoms with Crippen LogP contribution in [0.5, 0.6) is 0 Å². The number of hydrogen-bond donors (Lipinski definition) is 0. The van der Waals surface area contributed by atoms with Crippen LogP contribution in [-0.4, -0.2) is 23.2 Å². The normalized spacial score (nSPS) is 14.0. The van der Waals surface area contributed by atoms with E-state index in [0.29, 0.717) is 24.7 Å². The number of rotatable bonds is 5. The quantitative estimate of drug-likeness (QED) is 0.742. The Morgan fingerprint density at radius 1 is 1.38 bits per heavy atom. The molecule has 0 fully saturated rings. The molecule has 16 heavy (non-hydrogen) atoms. The summed E-state index contributed by atoms with van der Waals surface area (Å²) >= 11 is 0. The third-order valence-corrected chi connectivity index (χ3v) is 3.29. The van der Waals surface area contributed by atoms with E-state index in [1.54, 1.807) is 6.92 Å². The molecule has 0 radical (unpaired) electrons. The van der Waals surface area contributed by atoms with Crippen LogP contribution in [0, 0.1) is 5.92 Å². The molecule has 1 unspecified atom stereocenters. The van der Waals surface area contributed by atoms with Crippen LogP contribution in [0.2, 0.25) is 0 Å². The summed E-state index contributed by atoms with van der Waals surface area (Å²) in [6.07, 6.45) is 1.56. The van der Waals surface area contributed by atoms with Crippen LogP contribution in [0.25, 0.3) is 0 Å². The average Bonchev–Trinajstić information content (AvgIpc) is 2.60. The highest BCUT2D eigenvalue weighted by atomic mass is 32.3. The third-order valence-electron chi connectivity index (χ3n) is 2.56. The molecule has 7 heteroatoms. The Hall–Kier alpha value is -0.980. The van der Waals surface area contributed by atoms with E-state index >= 15 is 0 Å². The molecule has 0 saturated heterocycles. The predicted octanol–water partition coefficient (Wildman–Crippen LogP) is 1.54. The highest BCUT2D eigenvalue weighted by Crippen LogP contribution is 2.15. The largest absolute Gasteiger partial charge is 0.368 e. The molecule has 5 nitrogen and oxygen atoms in total. The van der Waals surface area contributed by atoms with Crippen molar-refractivity contribution in [3.63, 3.8) is 0 Å². The van der Waals surface area contributed by atoms with Gasteiger partial charge in [-0.05, 0) is 12.8 Å². The predicted molar refractivity (Wildman–Crippen MR) is 57.1 cm³/mol. The number of aromatic nitrogens is 3. The Labute approximate surface area is 94.9 Å². The summed E-state index contributed by atoms with van der Waals surface area (Å²) < 4.78 is 35.7. The Bertz CT molecular complexity index is 455. The van der Waals surface area contributed by atoms with Crippen molar-refractivity contribution < 1.29 is 12.3 Å². The summed E-state index contributed by atoms with van der Waals surface area (Å²) in [6.45, 7) is 6.14. The van der Waals surface area contributed by atoms with Gasteiger partial charge in [-0.25, -0.2) is 0 Å². The molecule has 0 saturated carbocycles. The van der Waals surface area contributed by atoms with Crippen molar-refractivity contribution >= 4 is 10.2 Å². The van der Waals surface area contributed by atoms with Crippen molar-refractivity contribution in [2.24, 2.45) is 5.92 Å². The lowest BCUT2D eigenvalue weighted by Gasteiger charge is -2.09. The van der Waals surface area contributed by atoms with E-state index in [9.17, 15) is 12.3 Å².